The van der Waals surface area contributed by atoms with Gasteiger partial charge in [0.1, 0.15) is 6.61 Å². The lowest BCUT2D eigenvalue weighted by Crippen LogP contribution is -2.29. The lowest BCUT2D eigenvalue weighted by Gasteiger charge is -2.21. The van der Waals surface area contributed by atoms with Gasteiger partial charge in [-0.05, 0) is 42.7 Å². The van der Waals surface area contributed by atoms with Gasteiger partial charge in [-0.2, -0.15) is 0 Å². The molecule has 158 valence electrons. The molecule has 0 spiro atoms. The molecular formula is C23H28Cl3NO2. The first kappa shape index (κ1) is 22.6. The lowest BCUT2D eigenvalue weighted by atomic mass is 9.96. The zero-order valence-electron chi connectivity index (χ0n) is 16.8. The molecule has 3 rings (SSSR count). The highest BCUT2D eigenvalue weighted by Crippen LogP contribution is 2.37. The summed E-state index contributed by atoms with van der Waals surface area (Å²) >= 11 is 18.7. The third kappa shape index (κ3) is 6.68. The van der Waals surface area contributed by atoms with E-state index in [-0.39, 0.29) is 6.61 Å². The van der Waals surface area contributed by atoms with Crippen molar-refractivity contribution in [2.75, 3.05) is 7.11 Å². The van der Waals surface area contributed by atoms with E-state index in [0.717, 1.165) is 17.7 Å². The Morgan fingerprint density at radius 3 is 2.34 bits per heavy atom. The van der Waals surface area contributed by atoms with Gasteiger partial charge in [-0.25, -0.2) is 0 Å². The molecule has 0 bridgehead atoms. The number of halogens is 3. The molecule has 2 aromatic carbocycles. The van der Waals surface area contributed by atoms with Crippen LogP contribution in [0.1, 0.15) is 56.1 Å². The molecule has 0 aromatic heterocycles. The SMILES string of the molecule is COc1cc(CNC2CCCCCCC2)cc(Cl)c1OCc1ccc(Cl)cc1Cl. The molecule has 1 aliphatic carbocycles. The molecule has 6 heteroatoms. The van der Waals surface area contributed by atoms with Crippen molar-refractivity contribution in [2.24, 2.45) is 0 Å². The van der Waals surface area contributed by atoms with Crippen LogP contribution in [0.25, 0.3) is 0 Å². The van der Waals surface area contributed by atoms with Gasteiger partial charge in [0.05, 0.1) is 12.1 Å². The first-order valence-corrected chi connectivity index (χ1v) is 11.4. The number of nitrogens with one attached hydrogen (secondary N) is 1. The fourth-order valence-corrected chi connectivity index (χ4v) is 4.48. The monoisotopic (exact) mass is 455 g/mol. The van der Waals surface area contributed by atoms with Gasteiger partial charge in [0.2, 0.25) is 0 Å². The summed E-state index contributed by atoms with van der Waals surface area (Å²) in [5.74, 6) is 1.15. The van der Waals surface area contributed by atoms with Crippen LogP contribution in [0.3, 0.4) is 0 Å². The first-order chi connectivity index (χ1) is 14.1. The van der Waals surface area contributed by atoms with E-state index < -0.39 is 0 Å². The average molecular weight is 457 g/mol. The van der Waals surface area contributed by atoms with Crippen molar-refractivity contribution < 1.29 is 9.47 Å². The van der Waals surface area contributed by atoms with Crippen molar-refractivity contribution >= 4 is 34.8 Å². The highest BCUT2D eigenvalue weighted by Gasteiger charge is 2.15. The molecule has 29 heavy (non-hydrogen) atoms. The van der Waals surface area contributed by atoms with Crippen molar-refractivity contribution in [2.45, 2.75) is 64.1 Å². The van der Waals surface area contributed by atoms with E-state index in [0.29, 0.717) is 32.6 Å². The Kier molecular flexibility index (Phi) is 8.80. The lowest BCUT2D eigenvalue weighted by molar-refractivity contribution is 0.284. The number of hydrogen-bond acceptors (Lipinski definition) is 3. The van der Waals surface area contributed by atoms with Crippen LogP contribution in [-0.2, 0) is 13.2 Å². The number of methoxy groups -OCH3 is 1. The summed E-state index contributed by atoms with van der Waals surface area (Å²) < 4.78 is 11.5. The highest BCUT2D eigenvalue weighted by molar-refractivity contribution is 6.35. The summed E-state index contributed by atoms with van der Waals surface area (Å²) in [7, 11) is 1.62. The molecule has 2 aromatic rings. The fourth-order valence-electron chi connectivity index (χ4n) is 3.73. The Bertz CT molecular complexity index is 805. The van der Waals surface area contributed by atoms with Crippen molar-refractivity contribution in [1.82, 2.24) is 5.32 Å². The van der Waals surface area contributed by atoms with E-state index in [2.05, 4.69) is 5.32 Å². The van der Waals surface area contributed by atoms with Crippen LogP contribution in [0.2, 0.25) is 15.1 Å². The topological polar surface area (TPSA) is 30.5 Å². The molecule has 0 atom stereocenters. The van der Waals surface area contributed by atoms with Gasteiger partial charge in [-0.1, -0.05) is 73.0 Å². The number of hydrogen-bond donors (Lipinski definition) is 1. The summed E-state index contributed by atoms with van der Waals surface area (Å²) in [4.78, 5) is 0. The van der Waals surface area contributed by atoms with E-state index in [4.69, 9.17) is 44.3 Å². The van der Waals surface area contributed by atoms with Crippen LogP contribution >= 0.6 is 34.8 Å². The summed E-state index contributed by atoms with van der Waals surface area (Å²) in [6.07, 6.45) is 9.18. The number of ether oxygens (including phenoxy) is 2. The Morgan fingerprint density at radius 2 is 1.66 bits per heavy atom. The predicted octanol–water partition coefficient (Wildman–Crippen LogP) is 7.44. The normalized spacial score (nSPS) is 15.6. The number of rotatable bonds is 7. The second-order valence-corrected chi connectivity index (χ2v) is 8.81. The smallest absolute Gasteiger partial charge is 0.180 e. The molecule has 0 heterocycles. The minimum absolute atomic E-state index is 0.283. The maximum Gasteiger partial charge on any atom is 0.180 e. The standard InChI is InChI=1S/C23H28Cl3NO2/c1-28-22-12-16(14-27-19-7-5-3-2-4-6-8-19)11-21(26)23(22)29-15-17-9-10-18(24)13-20(17)25/h9-13,19,27H,2-8,14-15H2,1H3. The van der Waals surface area contributed by atoms with Crippen LogP contribution in [-0.4, -0.2) is 13.2 Å². The van der Waals surface area contributed by atoms with Gasteiger partial charge < -0.3 is 14.8 Å². The third-order valence-corrected chi connectivity index (χ3v) is 6.24. The maximum absolute atomic E-state index is 6.53. The minimum atomic E-state index is 0.283. The molecule has 0 amide bonds. The predicted molar refractivity (Wildman–Crippen MR) is 122 cm³/mol. The number of benzene rings is 2. The Labute approximate surface area is 188 Å². The van der Waals surface area contributed by atoms with Gasteiger partial charge in [0, 0.05) is 28.2 Å². The quantitative estimate of drug-likeness (QED) is 0.469. The van der Waals surface area contributed by atoms with E-state index in [1.807, 2.05) is 18.2 Å². The summed E-state index contributed by atoms with van der Waals surface area (Å²) in [5, 5.41) is 5.38. The molecule has 0 saturated heterocycles. The molecule has 1 saturated carbocycles. The maximum atomic E-state index is 6.53. The molecule has 1 fully saturated rings. The fraction of sp³-hybridized carbons (Fsp3) is 0.478. The van der Waals surface area contributed by atoms with Crippen LogP contribution < -0.4 is 14.8 Å². The second kappa shape index (κ2) is 11.3. The van der Waals surface area contributed by atoms with Crippen LogP contribution in [0.15, 0.2) is 30.3 Å². The second-order valence-electron chi connectivity index (χ2n) is 7.56. The van der Waals surface area contributed by atoms with Crippen LogP contribution in [0.4, 0.5) is 0 Å². The van der Waals surface area contributed by atoms with Gasteiger partial charge >= 0.3 is 0 Å². The van der Waals surface area contributed by atoms with E-state index >= 15 is 0 Å². The molecule has 0 radical (unpaired) electrons. The molecular weight excluding hydrogens is 429 g/mol. The van der Waals surface area contributed by atoms with Crippen molar-refractivity contribution in [3.05, 3.63) is 56.5 Å². The third-order valence-electron chi connectivity index (χ3n) is 5.38. The molecule has 1 aliphatic rings. The zero-order valence-corrected chi connectivity index (χ0v) is 19.0. The van der Waals surface area contributed by atoms with E-state index in [9.17, 15) is 0 Å². The van der Waals surface area contributed by atoms with Gasteiger partial charge in [0.15, 0.2) is 11.5 Å². The first-order valence-electron chi connectivity index (χ1n) is 10.2. The van der Waals surface area contributed by atoms with E-state index in [1.54, 1.807) is 19.2 Å². The Morgan fingerprint density at radius 1 is 0.931 bits per heavy atom. The van der Waals surface area contributed by atoms with E-state index in [1.165, 1.54) is 44.9 Å². The van der Waals surface area contributed by atoms with Crippen LogP contribution in [0.5, 0.6) is 11.5 Å². The average Bonchev–Trinajstić information content (AvgIpc) is 2.67. The summed E-state index contributed by atoms with van der Waals surface area (Å²) in [6, 6.07) is 9.83. The Balaban J connectivity index is 1.65. The molecule has 0 aliphatic heterocycles. The Hall–Kier alpha value is -1.13. The zero-order chi connectivity index (χ0) is 20.6. The minimum Gasteiger partial charge on any atom is -0.493 e. The van der Waals surface area contributed by atoms with Gasteiger partial charge in [-0.3, -0.25) is 0 Å². The summed E-state index contributed by atoms with van der Waals surface area (Å²) in [6.45, 7) is 1.05. The highest BCUT2D eigenvalue weighted by atomic mass is 35.5. The summed E-state index contributed by atoms with van der Waals surface area (Å²) in [5.41, 5.74) is 1.93. The largest absolute Gasteiger partial charge is 0.493 e. The molecule has 1 N–H and O–H groups in total. The molecule has 3 nitrogen and oxygen atoms in total. The van der Waals surface area contributed by atoms with Crippen molar-refractivity contribution in [1.29, 1.82) is 0 Å². The van der Waals surface area contributed by atoms with Crippen molar-refractivity contribution in [3.63, 3.8) is 0 Å². The van der Waals surface area contributed by atoms with Gasteiger partial charge in [-0.15, -0.1) is 0 Å². The van der Waals surface area contributed by atoms with Crippen LogP contribution in [0, 0.1) is 0 Å². The van der Waals surface area contributed by atoms with Crippen molar-refractivity contribution in [3.8, 4) is 11.5 Å². The molecule has 0 unspecified atom stereocenters. The van der Waals surface area contributed by atoms with Gasteiger partial charge in [0.25, 0.3) is 0 Å².